The van der Waals surface area contributed by atoms with Gasteiger partial charge in [0.15, 0.2) is 0 Å². The van der Waals surface area contributed by atoms with Crippen molar-refractivity contribution in [1.29, 1.82) is 0 Å². The third-order valence-corrected chi connectivity index (χ3v) is 4.70. The first kappa shape index (κ1) is 13.4. The molecule has 0 aliphatic heterocycles. The lowest BCUT2D eigenvalue weighted by atomic mass is 9.99. The Bertz CT molecular complexity index is 205. The fraction of sp³-hybridized carbons (Fsp3) is 1.00. The zero-order valence-corrected chi connectivity index (χ0v) is 11.5. The minimum Gasteiger partial charge on any atom is -0.385 e. The molecule has 2 heteroatoms. The first-order valence-corrected chi connectivity index (χ1v) is 7.54. The highest BCUT2D eigenvalue weighted by Crippen LogP contribution is 2.48. The van der Waals surface area contributed by atoms with Crippen molar-refractivity contribution in [3.8, 4) is 0 Å². The van der Waals surface area contributed by atoms with Crippen LogP contribution in [0.4, 0.5) is 0 Å². The van der Waals surface area contributed by atoms with Gasteiger partial charge in [0.1, 0.15) is 0 Å². The van der Waals surface area contributed by atoms with E-state index in [2.05, 4.69) is 5.32 Å². The van der Waals surface area contributed by atoms with Crippen molar-refractivity contribution in [1.82, 2.24) is 5.32 Å². The van der Waals surface area contributed by atoms with Crippen molar-refractivity contribution < 1.29 is 4.74 Å². The van der Waals surface area contributed by atoms with Gasteiger partial charge >= 0.3 is 0 Å². The lowest BCUT2D eigenvalue weighted by molar-refractivity contribution is 0.170. The van der Waals surface area contributed by atoms with Crippen molar-refractivity contribution >= 4 is 0 Å². The Morgan fingerprint density at radius 3 is 2.41 bits per heavy atom. The molecule has 0 aromatic carbocycles. The summed E-state index contributed by atoms with van der Waals surface area (Å²) in [5, 5.41) is 3.74. The molecule has 0 heterocycles. The van der Waals surface area contributed by atoms with E-state index in [1.807, 2.05) is 7.11 Å². The molecule has 100 valence electrons. The Hall–Kier alpha value is -0.0800. The third-order valence-electron chi connectivity index (χ3n) is 4.70. The van der Waals surface area contributed by atoms with Gasteiger partial charge in [-0.3, -0.25) is 0 Å². The van der Waals surface area contributed by atoms with E-state index in [1.54, 1.807) is 0 Å². The molecule has 0 amide bonds. The van der Waals surface area contributed by atoms with Crippen LogP contribution in [0.25, 0.3) is 0 Å². The molecule has 2 aliphatic carbocycles. The Balaban J connectivity index is 1.58. The Labute approximate surface area is 107 Å². The molecule has 2 rings (SSSR count). The molecule has 2 saturated carbocycles. The second kappa shape index (κ2) is 6.75. The van der Waals surface area contributed by atoms with E-state index < -0.39 is 0 Å². The van der Waals surface area contributed by atoms with Crippen LogP contribution in [0, 0.1) is 11.3 Å². The summed E-state index contributed by atoms with van der Waals surface area (Å²) in [4.78, 5) is 0. The minimum atomic E-state index is 0.612. The van der Waals surface area contributed by atoms with Crippen molar-refractivity contribution in [2.75, 3.05) is 26.8 Å². The van der Waals surface area contributed by atoms with Gasteiger partial charge < -0.3 is 10.1 Å². The molecule has 0 atom stereocenters. The standard InChI is InChI=1S/C15H29NO/c1-17-11-10-15(8-9-15)13-16-12-14-6-4-2-3-5-7-14/h14,16H,2-13H2,1H3. The van der Waals surface area contributed by atoms with Gasteiger partial charge in [0.05, 0.1) is 0 Å². The number of ether oxygens (including phenoxy) is 1. The van der Waals surface area contributed by atoms with E-state index in [0.717, 1.165) is 12.5 Å². The second-order valence-electron chi connectivity index (χ2n) is 6.23. The minimum absolute atomic E-state index is 0.612. The molecular formula is C15H29NO. The highest BCUT2D eigenvalue weighted by molar-refractivity contribution is 4.94. The number of nitrogens with one attached hydrogen (secondary N) is 1. The topological polar surface area (TPSA) is 21.3 Å². The summed E-state index contributed by atoms with van der Waals surface area (Å²) in [5.74, 6) is 0.954. The van der Waals surface area contributed by atoms with Gasteiger partial charge in [-0.2, -0.15) is 0 Å². The van der Waals surface area contributed by atoms with Crippen LogP contribution in [-0.2, 0) is 4.74 Å². The van der Waals surface area contributed by atoms with E-state index in [-0.39, 0.29) is 0 Å². The van der Waals surface area contributed by atoms with E-state index in [9.17, 15) is 0 Å². The average Bonchev–Trinajstić information content (AvgIpc) is 3.12. The van der Waals surface area contributed by atoms with Crippen molar-refractivity contribution in [3.05, 3.63) is 0 Å². The fourth-order valence-corrected chi connectivity index (χ4v) is 3.12. The maximum absolute atomic E-state index is 5.20. The summed E-state index contributed by atoms with van der Waals surface area (Å²) in [6, 6.07) is 0. The molecule has 0 aromatic heterocycles. The van der Waals surface area contributed by atoms with Crippen LogP contribution in [0.1, 0.15) is 57.8 Å². The second-order valence-corrected chi connectivity index (χ2v) is 6.23. The molecular weight excluding hydrogens is 210 g/mol. The first-order chi connectivity index (χ1) is 8.35. The predicted molar refractivity (Wildman–Crippen MR) is 72.2 cm³/mol. The van der Waals surface area contributed by atoms with E-state index in [4.69, 9.17) is 4.74 Å². The molecule has 2 aliphatic rings. The number of rotatable bonds is 7. The highest BCUT2D eigenvalue weighted by atomic mass is 16.5. The molecule has 0 bridgehead atoms. The molecule has 0 saturated heterocycles. The van der Waals surface area contributed by atoms with Gasteiger partial charge in [-0.05, 0) is 50.0 Å². The lowest BCUT2D eigenvalue weighted by Crippen LogP contribution is -2.29. The lowest BCUT2D eigenvalue weighted by Gasteiger charge is -2.19. The van der Waals surface area contributed by atoms with Crippen LogP contribution in [-0.4, -0.2) is 26.8 Å². The monoisotopic (exact) mass is 239 g/mol. The zero-order chi connectivity index (χ0) is 12.0. The van der Waals surface area contributed by atoms with E-state index in [0.29, 0.717) is 5.41 Å². The van der Waals surface area contributed by atoms with E-state index in [1.165, 1.54) is 70.9 Å². The summed E-state index contributed by atoms with van der Waals surface area (Å²) in [5.41, 5.74) is 0.612. The summed E-state index contributed by atoms with van der Waals surface area (Å²) in [6.45, 7) is 3.42. The Morgan fingerprint density at radius 1 is 1.12 bits per heavy atom. The van der Waals surface area contributed by atoms with Crippen LogP contribution >= 0.6 is 0 Å². The van der Waals surface area contributed by atoms with Crippen LogP contribution in [0.15, 0.2) is 0 Å². The maximum Gasteiger partial charge on any atom is 0.0468 e. The number of hydrogen-bond donors (Lipinski definition) is 1. The smallest absolute Gasteiger partial charge is 0.0468 e. The van der Waals surface area contributed by atoms with Crippen molar-refractivity contribution in [3.63, 3.8) is 0 Å². The molecule has 0 aromatic rings. The molecule has 2 fully saturated rings. The fourth-order valence-electron chi connectivity index (χ4n) is 3.12. The molecule has 0 unspecified atom stereocenters. The zero-order valence-electron chi connectivity index (χ0n) is 11.5. The summed E-state index contributed by atoms with van der Waals surface area (Å²) >= 11 is 0. The van der Waals surface area contributed by atoms with Gasteiger partial charge in [-0.15, -0.1) is 0 Å². The average molecular weight is 239 g/mol. The molecule has 2 nitrogen and oxygen atoms in total. The van der Waals surface area contributed by atoms with Gasteiger partial charge in [0.2, 0.25) is 0 Å². The van der Waals surface area contributed by atoms with Gasteiger partial charge in [0.25, 0.3) is 0 Å². The molecule has 1 N–H and O–H groups in total. The Kier molecular flexibility index (Phi) is 5.30. The van der Waals surface area contributed by atoms with Crippen LogP contribution in [0.5, 0.6) is 0 Å². The summed E-state index contributed by atoms with van der Waals surface area (Å²) in [6.07, 6.45) is 12.8. The van der Waals surface area contributed by atoms with Gasteiger partial charge in [-0.1, -0.05) is 25.7 Å². The molecule has 0 spiro atoms. The van der Waals surface area contributed by atoms with Gasteiger partial charge in [-0.25, -0.2) is 0 Å². The normalized spacial score (nSPS) is 24.5. The maximum atomic E-state index is 5.20. The largest absolute Gasteiger partial charge is 0.385 e. The van der Waals surface area contributed by atoms with E-state index >= 15 is 0 Å². The predicted octanol–water partition coefficient (Wildman–Crippen LogP) is 3.36. The quantitative estimate of drug-likeness (QED) is 0.688. The van der Waals surface area contributed by atoms with Crippen molar-refractivity contribution in [2.45, 2.75) is 57.8 Å². The molecule has 0 radical (unpaired) electrons. The summed E-state index contributed by atoms with van der Waals surface area (Å²) < 4.78 is 5.20. The SMILES string of the molecule is COCCC1(CNCC2CCCCCC2)CC1. The first-order valence-electron chi connectivity index (χ1n) is 7.54. The van der Waals surface area contributed by atoms with Gasteiger partial charge in [0, 0.05) is 20.3 Å². The number of hydrogen-bond acceptors (Lipinski definition) is 2. The van der Waals surface area contributed by atoms with Crippen LogP contribution < -0.4 is 5.32 Å². The number of methoxy groups -OCH3 is 1. The van der Waals surface area contributed by atoms with Crippen LogP contribution in [0.3, 0.4) is 0 Å². The highest BCUT2D eigenvalue weighted by Gasteiger charge is 2.41. The molecule has 17 heavy (non-hydrogen) atoms. The third kappa shape index (κ3) is 4.59. The summed E-state index contributed by atoms with van der Waals surface area (Å²) in [7, 11) is 1.81. The van der Waals surface area contributed by atoms with Crippen LogP contribution in [0.2, 0.25) is 0 Å². The Morgan fingerprint density at radius 2 is 1.82 bits per heavy atom. The van der Waals surface area contributed by atoms with Crippen molar-refractivity contribution in [2.24, 2.45) is 11.3 Å².